The summed E-state index contributed by atoms with van der Waals surface area (Å²) in [4.78, 5) is 17.0. The molecule has 0 aliphatic heterocycles. The van der Waals surface area contributed by atoms with Crippen LogP contribution in [0, 0.1) is 31.6 Å². The SMILES string of the molecule is Cc1cc(/C=N/NC(=O)Nc2ccc(C34CC5CC(CC(C5)C3)C4)cc2)c(C)n1-c1ccc2ncccc2c1. The van der Waals surface area contributed by atoms with Crippen LogP contribution >= 0.6 is 0 Å². The predicted molar refractivity (Wildman–Crippen MR) is 157 cm³/mol. The molecule has 2 aromatic heterocycles. The van der Waals surface area contributed by atoms with Gasteiger partial charge in [0.25, 0.3) is 0 Å². The van der Waals surface area contributed by atoms with Crippen LogP contribution in [0.25, 0.3) is 16.6 Å². The highest BCUT2D eigenvalue weighted by Gasteiger charge is 2.51. The van der Waals surface area contributed by atoms with Gasteiger partial charge in [0, 0.05) is 39.9 Å². The van der Waals surface area contributed by atoms with Gasteiger partial charge in [0.05, 0.1) is 11.7 Å². The molecule has 2 amide bonds. The van der Waals surface area contributed by atoms with Crippen LogP contribution in [0.5, 0.6) is 0 Å². The Hall–Kier alpha value is -3.93. The number of hydrazone groups is 1. The Morgan fingerprint density at radius 2 is 1.69 bits per heavy atom. The molecule has 0 radical (unpaired) electrons. The van der Waals surface area contributed by atoms with Crippen molar-refractivity contribution < 1.29 is 4.79 Å². The monoisotopic (exact) mass is 517 g/mol. The van der Waals surface area contributed by atoms with E-state index in [1.54, 1.807) is 6.21 Å². The summed E-state index contributed by atoms with van der Waals surface area (Å²) in [7, 11) is 0. The van der Waals surface area contributed by atoms with E-state index in [4.69, 9.17) is 0 Å². The Morgan fingerprint density at radius 3 is 2.41 bits per heavy atom. The average molecular weight is 518 g/mol. The summed E-state index contributed by atoms with van der Waals surface area (Å²) in [6.45, 7) is 4.14. The third-order valence-corrected chi connectivity index (χ3v) is 9.48. The maximum atomic E-state index is 12.6. The zero-order chi connectivity index (χ0) is 26.6. The molecule has 39 heavy (non-hydrogen) atoms. The van der Waals surface area contributed by atoms with Crippen LogP contribution in [0.3, 0.4) is 0 Å². The average Bonchev–Trinajstić information content (AvgIpc) is 3.20. The molecule has 6 heteroatoms. The quantitative estimate of drug-likeness (QED) is 0.216. The van der Waals surface area contributed by atoms with Gasteiger partial charge < -0.3 is 9.88 Å². The molecule has 6 nitrogen and oxygen atoms in total. The van der Waals surface area contributed by atoms with Crippen LogP contribution in [-0.2, 0) is 5.41 Å². The lowest BCUT2D eigenvalue weighted by molar-refractivity contribution is -0.00518. The standard InChI is InChI=1S/C33H35N5O/c1-21-12-27(22(2)38(21)30-9-10-31-26(16-30)4-3-11-34-31)20-35-37-32(39)36-29-7-5-28(6-8-29)33-17-23-13-24(18-33)15-25(14-23)19-33/h3-12,16,20,23-25H,13-15,17-19H2,1-2H3,(H2,36,37,39)/b35-20+. The van der Waals surface area contributed by atoms with E-state index in [1.165, 1.54) is 44.1 Å². The van der Waals surface area contributed by atoms with Crippen LogP contribution in [0.2, 0.25) is 0 Å². The van der Waals surface area contributed by atoms with Crippen molar-refractivity contribution in [2.75, 3.05) is 5.32 Å². The van der Waals surface area contributed by atoms with Gasteiger partial charge in [-0.1, -0.05) is 18.2 Å². The number of nitrogens with zero attached hydrogens (tertiary/aromatic N) is 3. The van der Waals surface area contributed by atoms with Gasteiger partial charge in [0.2, 0.25) is 0 Å². The van der Waals surface area contributed by atoms with Gasteiger partial charge in [-0.3, -0.25) is 4.98 Å². The Kier molecular flexibility index (Phi) is 5.80. The first-order valence-corrected chi connectivity index (χ1v) is 14.2. The molecule has 2 heterocycles. The van der Waals surface area contributed by atoms with Gasteiger partial charge in [-0.15, -0.1) is 0 Å². The fourth-order valence-corrected chi connectivity index (χ4v) is 8.21. The van der Waals surface area contributed by atoms with E-state index in [-0.39, 0.29) is 6.03 Å². The van der Waals surface area contributed by atoms with E-state index >= 15 is 0 Å². The second-order valence-electron chi connectivity index (χ2n) is 12.1. The lowest BCUT2D eigenvalue weighted by atomic mass is 9.48. The largest absolute Gasteiger partial charge is 0.339 e. The minimum atomic E-state index is -0.343. The van der Waals surface area contributed by atoms with Gasteiger partial charge in [0.1, 0.15) is 0 Å². The molecule has 4 aliphatic rings. The molecule has 4 aliphatic carbocycles. The number of anilines is 1. The number of hydrogen-bond donors (Lipinski definition) is 2. The van der Waals surface area contributed by atoms with Gasteiger partial charge in [0.15, 0.2) is 0 Å². The number of aromatic nitrogens is 2. The number of urea groups is 1. The number of carbonyl (C=O) groups excluding carboxylic acids is 1. The summed E-state index contributed by atoms with van der Waals surface area (Å²) in [5, 5.41) is 8.26. The molecule has 4 fully saturated rings. The Bertz CT molecular complexity index is 1550. The number of fused-ring (bicyclic) bond motifs is 1. The topological polar surface area (TPSA) is 71.3 Å². The molecule has 2 N–H and O–H groups in total. The van der Waals surface area contributed by atoms with Crippen molar-refractivity contribution >= 4 is 28.8 Å². The number of aryl methyl sites for hydroxylation is 1. The molecule has 4 bridgehead atoms. The molecule has 0 spiro atoms. The lowest BCUT2D eigenvalue weighted by Crippen LogP contribution is -2.48. The van der Waals surface area contributed by atoms with E-state index in [1.807, 2.05) is 30.5 Å². The van der Waals surface area contributed by atoms with Crippen molar-refractivity contribution in [2.24, 2.45) is 22.9 Å². The predicted octanol–water partition coefficient (Wildman–Crippen LogP) is 7.27. The maximum Gasteiger partial charge on any atom is 0.339 e. The Labute approximate surface area is 229 Å². The third-order valence-electron chi connectivity index (χ3n) is 9.48. The van der Waals surface area contributed by atoms with Gasteiger partial charge in [-0.25, -0.2) is 10.2 Å². The smallest absolute Gasteiger partial charge is 0.318 e. The lowest BCUT2D eigenvalue weighted by Gasteiger charge is -2.57. The summed E-state index contributed by atoms with van der Waals surface area (Å²) in [5.41, 5.74) is 10.4. The Balaban J connectivity index is 1.00. The number of amides is 2. The molecular formula is C33H35N5O. The second-order valence-corrected chi connectivity index (χ2v) is 12.1. The number of nitrogens with one attached hydrogen (secondary N) is 2. The molecule has 0 saturated heterocycles. The van der Waals surface area contributed by atoms with Crippen LogP contribution in [0.4, 0.5) is 10.5 Å². The molecule has 198 valence electrons. The summed E-state index contributed by atoms with van der Waals surface area (Å²) >= 11 is 0. The van der Waals surface area contributed by atoms with Gasteiger partial charge in [-0.05, 0) is 124 Å². The van der Waals surface area contributed by atoms with Crippen molar-refractivity contribution in [3.63, 3.8) is 0 Å². The number of pyridine rings is 1. The first kappa shape index (κ1) is 24.1. The van der Waals surface area contributed by atoms with Crippen LogP contribution < -0.4 is 10.7 Å². The normalized spacial score (nSPS) is 25.4. The maximum absolute atomic E-state index is 12.6. The highest BCUT2D eigenvalue weighted by molar-refractivity contribution is 5.90. The third kappa shape index (κ3) is 4.42. The van der Waals surface area contributed by atoms with E-state index in [0.717, 1.165) is 57.0 Å². The van der Waals surface area contributed by atoms with Crippen molar-refractivity contribution in [1.82, 2.24) is 15.0 Å². The fraction of sp³-hybridized carbons (Fsp3) is 0.364. The minimum absolute atomic E-state index is 0.343. The molecule has 0 atom stereocenters. The summed E-state index contributed by atoms with van der Waals surface area (Å²) in [6, 6.07) is 20.6. The number of carbonyl (C=O) groups is 1. The summed E-state index contributed by atoms with van der Waals surface area (Å²) in [5.74, 6) is 2.77. The van der Waals surface area contributed by atoms with Gasteiger partial charge >= 0.3 is 6.03 Å². The van der Waals surface area contributed by atoms with Crippen molar-refractivity contribution in [2.45, 2.75) is 57.8 Å². The van der Waals surface area contributed by atoms with E-state index in [0.29, 0.717) is 5.41 Å². The van der Waals surface area contributed by atoms with Crippen molar-refractivity contribution in [1.29, 1.82) is 0 Å². The van der Waals surface area contributed by atoms with E-state index in [2.05, 4.69) is 75.6 Å². The summed E-state index contributed by atoms with van der Waals surface area (Å²) < 4.78 is 2.19. The molecule has 8 rings (SSSR count). The second kappa shape index (κ2) is 9.37. The number of benzene rings is 2. The first-order chi connectivity index (χ1) is 19.0. The molecule has 0 unspecified atom stereocenters. The molecule has 2 aromatic carbocycles. The molecule has 4 aromatic rings. The number of hydrogen-bond acceptors (Lipinski definition) is 3. The zero-order valence-electron chi connectivity index (χ0n) is 22.7. The van der Waals surface area contributed by atoms with Crippen LogP contribution in [-0.4, -0.2) is 21.8 Å². The number of rotatable bonds is 5. The molecule has 4 saturated carbocycles. The highest BCUT2D eigenvalue weighted by Crippen LogP contribution is 2.60. The van der Waals surface area contributed by atoms with Crippen molar-refractivity contribution in [3.05, 3.63) is 89.4 Å². The summed E-state index contributed by atoms with van der Waals surface area (Å²) in [6.07, 6.45) is 11.9. The van der Waals surface area contributed by atoms with Crippen molar-refractivity contribution in [3.8, 4) is 5.69 Å². The minimum Gasteiger partial charge on any atom is -0.318 e. The first-order valence-electron chi connectivity index (χ1n) is 14.2. The van der Waals surface area contributed by atoms with Crippen LogP contribution in [0.15, 0.2) is 72.0 Å². The van der Waals surface area contributed by atoms with Crippen LogP contribution in [0.1, 0.15) is 61.0 Å². The highest BCUT2D eigenvalue weighted by atomic mass is 16.2. The molecular weight excluding hydrogens is 482 g/mol. The van der Waals surface area contributed by atoms with Gasteiger partial charge in [-0.2, -0.15) is 5.10 Å². The van der Waals surface area contributed by atoms with E-state index in [9.17, 15) is 4.79 Å². The Morgan fingerprint density at radius 1 is 0.974 bits per heavy atom. The fourth-order valence-electron chi connectivity index (χ4n) is 8.21. The zero-order valence-corrected chi connectivity index (χ0v) is 22.7. The van der Waals surface area contributed by atoms with E-state index < -0.39 is 0 Å².